The van der Waals surface area contributed by atoms with Crippen molar-refractivity contribution in [1.29, 1.82) is 0 Å². The SMILES string of the molecule is O=C(CCCC(F)(F)F)C1(N2CCOCC2)CCCC1. The van der Waals surface area contributed by atoms with Crippen molar-refractivity contribution >= 4 is 5.78 Å². The van der Waals surface area contributed by atoms with Gasteiger partial charge in [0, 0.05) is 25.9 Å². The van der Waals surface area contributed by atoms with E-state index in [1.165, 1.54) is 0 Å². The molecular formula is C14H22F3NO2. The molecule has 0 atom stereocenters. The van der Waals surface area contributed by atoms with Gasteiger partial charge in [-0.2, -0.15) is 13.2 Å². The van der Waals surface area contributed by atoms with Gasteiger partial charge in [0.1, 0.15) is 0 Å². The van der Waals surface area contributed by atoms with Gasteiger partial charge in [-0.25, -0.2) is 0 Å². The molecule has 20 heavy (non-hydrogen) atoms. The Kier molecular flexibility index (Phi) is 5.07. The first-order valence-electron chi connectivity index (χ1n) is 7.37. The van der Waals surface area contributed by atoms with Crippen LogP contribution in [0.1, 0.15) is 44.9 Å². The Bertz CT molecular complexity index is 332. The molecule has 0 aromatic heterocycles. The number of ketones is 1. The van der Waals surface area contributed by atoms with Crippen molar-refractivity contribution < 1.29 is 22.7 Å². The molecule has 0 amide bonds. The van der Waals surface area contributed by atoms with Crippen LogP contribution in [0, 0.1) is 0 Å². The van der Waals surface area contributed by atoms with E-state index >= 15 is 0 Å². The highest BCUT2D eigenvalue weighted by Crippen LogP contribution is 2.38. The summed E-state index contributed by atoms with van der Waals surface area (Å²) in [6, 6.07) is 0. The van der Waals surface area contributed by atoms with E-state index in [1.807, 2.05) is 0 Å². The molecule has 0 radical (unpaired) electrons. The molecule has 0 unspecified atom stereocenters. The van der Waals surface area contributed by atoms with Crippen LogP contribution >= 0.6 is 0 Å². The van der Waals surface area contributed by atoms with E-state index in [2.05, 4.69) is 4.90 Å². The number of carbonyl (C=O) groups is 1. The van der Waals surface area contributed by atoms with E-state index < -0.39 is 18.1 Å². The Morgan fingerprint density at radius 3 is 2.30 bits per heavy atom. The predicted octanol–water partition coefficient (Wildman–Crippen LogP) is 2.93. The van der Waals surface area contributed by atoms with Gasteiger partial charge < -0.3 is 4.74 Å². The second kappa shape index (κ2) is 6.43. The first-order chi connectivity index (χ1) is 9.44. The zero-order valence-electron chi connectivity index (χ0n) is 11.7. The highest BCUT2D eigenvalue weighted by Gasteiger charge is 2.45. The Morgan fingerprint density at radius 1 is 1.15 bits per heavy atom. The number of halogens is 3. The molecule has 1 heterocycles. The first kappa shape index (κ1) is 15.8. The van der Waals surface area contributed by atoms with Gasteiger partial charge in [-0.3, -0.25) is 9.69 Å². The summed E-state index contributed by atoms with van der Waals surface area (Å²) in [5.41, 5.74) is -0.505. The van der Waals surface area contributed by atoms with E-state index in [9.17, 15) is 18.0 Å². The minimum Gasteiger partial charge on any atom is -0.379 e. The zero-order valence-corrected chi connectivity index (χ0v) is 11.7. The Hall–Kier alpha value is -0.620. The number of ether oxygens (including phenoxy) is 1. The Balaban J connectivity index is 1.95. The molecule has 1 saturated carbocycles. The maximum absolute atomic E-state index is 12.5. The van der Waals surface area contributed by atoms with Crippen molar-refractivity contribution in [2.75, 3.05) is 26.3 Å². The average molecular weight is 293 g/mol. The van der Waals surface area contributed by atoms with Crippen molar-refractivity contribution in [3.8, 4) is 0 Å². The zero-order chi connectivity index (χ0) is 14.6. The maximum Gasteiger partial charge on any atom is 0.389 e. The van der Waals surface area contributed by atoms with Crippen molar-refractivity contribution in [2.45, 2.75) is 56.7 Å². The van der Waals surface area contributed by atoms with Gasteiger partial charge in [-0.1, -0.05) is 12.8 Å². The van der Waals surface area contributed by atoms with E-state index in [0.717, 1.165) is 25.7 Å². The normalized spacial score (nSPS) is 23.9. The molecule has 0 N–H and O–H groups in total. The lowest BCUT2D eigenvalue weighted by Gasteiger charge is -2.42. The number of hydrogen-bond acceptors (Lipinski definition) is 3. The summed E-state index contributed by atoms with van der Waals surface area (Å²) in [4.78, 5) is 14.7. The van der Waals surface area contributed by atoms with Gasteiger partial charge in [-0.15, -0.1) is 0 Å². The molecule has 3 nitrogen and oxygen atoms in total. The molecule has 2 aliphatic rings. The predicted molar refractivity (Wildman–Crippen MR) is 68.5 cm³/mol. The number of alkyl halides is 3. The van der Waals surface area contributed by atoms with Crippen LogP contribution in [0.25, 0.3) is 0 Å². The summed E-state index contributed by atoms with van der Waals surface area (Å²) in [7, 11) is 0. The van der Waals surface area contributed by atoms with E-state index in [1.54, 1.807) is 0 Å². The Morgan fingerprint density at radius 2 is 1.75 bits per heavy atom. The van der Waals surface area contributed by atoms with Gasteiger partial charge >= 0.3 is 6.18 Å². The van der Waals surface area contributed by atoms with Gasteiger partial charge in [0.2, 0.25) is 0 Å². The number of hydrogen-bond donors (Lipinski definition) is 0. The number of Topliss-reactive ketones (excluding diaryl/α,β-unsaturated/α-hetero) is 1. The van der Waals surface area contributed by atoms with Gasteiger partial charge in [0.15, 0.2) is 5.78 Å². The second-order valence-electron chi connectivity index (χ2n) is 5.73. The molecule has 6 heteroatoms. The second-order valence-corrected chi connectivity index (χ2v) is 5.73. The van der Waals surface area contributed by atoms with E-state index in [0.29, 0.717) is 26.3 Å². The number of carbonyl (C=O) groups excluding carboxylic acids is 1. The van der Waals surface area contributed by atoms with Crippen LogP contribution in [0.5, 0.6) is 0 Å². The minimum absolute atomic E-state index is 0.00106. The summed E-state index contributed by atoms with van der Waals surface area (Å²) in [5.74, 6) is 0.00106. The molecule has 0 bridgehead atoms. The van der Waals surface area contributed by atoms with Crippen molar-refractivity contribution in [2.24, 2.45) is 0 Å². The van der Waals surface area contributed by atoms with Crippen molar-refractivity contribution in [1.82, 2.24) is 4.90 Å². The molecule has 0 aromatic carbocycles. The van der Waals surface area contributed by atoms with Crippen LogP contribution in [0.2, 0.25) is 0 Å². The molecule has 2 rings (SSSR count). The lowest BCUT2D eigenvalue weighted by Crippen LogP contribution is -2.56. The van der Waals surface area contributed by atoms with Crippen LogP contribution in [0.3, 0.4) is 0 Å². The maximum atomic E-state index is 12.5. The largest absolute Gasteiger partial charge is 0.389 e. The molecule has 0 spiro atoms. The lowest BCUT2D eigenvalue weighted by molar-refractivity contribution is -0.141. The van der Waals surface area contributed by atoms with E-state index in [4.69, 9.17) is 4.74 Å². The fraction of sp³-hybridized carbons (Fsp3) is 0.929. The first-order valence-corrected chi connectivity index (χ1v) is 7.37. The smallest absolute Gasteiger partial charge is 0.379 e. The molecule has 1 aliphatic carbocycles. The van der Waals surface area contributed by atoms with Crippen LogP contribution in [0.4, 0.5) is 13.2 Å². The van der Waals surface area contributed by atoms with Gasteiger partial charge in [0.25, 0.3) is 0 Å². The van der Waals surface area contributed by atoms with Gasteiger partial charge in [0.05, 0.1) is 18.8 Å². The summed E-state index contributed by atoms with van der Waals surface area (Å²) in [5, 5.41) is 0. The van der Waals surface area contributed by atoms with Crippen LogP contribution in [-0.4, -0.2) is 48.7 Å². The third-order valence-electron chi connectivity index (χ3n) is 4.43. The Labute approximate surface area is 117 Å². The fourth-order valence-corrected chi connectivity index (χ4v) is 3.40. The summed E-state index contributed by atoms with van der Waals surface area (Å²) >= 11 is 0. The quantitative estimate of drug-likeness (QED) is 0.780. The molecule has 1 saturated heterocycles. The lowest BCUT2D eigenvalue weighted by atomic mass is 9.86. The molecule has 116 valence electrons. The van der Waals surface area contributed by atoms with Crippen molar-refractivity contribution in [3.63, 3.8) is 0 Å². The number of rotatable bonds is 5. The number of morpholine rings is 1. The third kappa shape index (κ3) is 3.73. The summed E-state index contributed by atoms with van der Waals surface area (Å²) in [6.07, 6.45) is -1.52. The highest BCUT2D eigenvalue weighted by molar-refractivity contribution is 5.88. The molecule has 0 aromatic rings. The molecule has 1 aliphatic heterocycles. The average Bonchev–Trinajstić information content (AvgIpc) is 2.89. The summed E-state index contributed by atoms with van der Waals surface area (Å²) in [6.45, 7) is 2.64. The van der Waals surface area contributed by atoms with Gasteiger partial charge in [-0.05, 0) is 19.3 Å². The topological polar surface area (TPSA) is 29.5 Å². The van der Waals surface area contributed by atoms with E-state index in [-0.39, 0.29) is 18.6 Å². The highest BCUT2D eigenvalue weighted by atomic mass is 19.4. The van der Waals surface area contributed by atoms with Crippen LogP contribution in [-0.2, 0) is 9.53 Å². The van der Waals surface area contributed by atoms with Crippen LogP contribution < -0.4 is 0 Å². The monoisotopic (exact) mass is 293 g/mol. The third-order valence-corrected chi connectivity index (χ3v) is 4.43. The molecule has 2 fully saturated rings. The number of nitrogens with zero attached hydrogens (tertiary/aromatic N) is 1. The standard InChI is InChI=1S/C14H22F3NO2/c15-14(16,17)7-3-4-12(19)13(5-1-2-6-13)18-8-10-20-11-9-18/h1-11H2. The van der Waals surface area contributed by atoms with Crippen LogP contribution in [0.15, 0.2) is 0 Å². The fourth-order valence-electron chi connectivity index (χ4n) is 3.40. The van der Waals surface area contributed by atoms with Crippen molar-refractivity contribution in [3.05, 3.63) is 0 Å². The minimum atomic E-state index is -4.16. The summed E-state index contributed by atoms with van der Waals surface area (Å²) < 4.78 is 41.9. The molecular weight excluding hydrogens is 271 g/mol.